The van der Waals surface area contributed by atoms with Crippen LogP contribution in [0.25, 0.3) is 0 Å². The molecule has 1 amide bonds. The smallest absolute Gasteiger partial charge is 0.406 e. The van der Waals surface area contributed by atoms with E-state index < -0.39 is 43.6 Å². The summed E-state index contributed by atoms with van der Waals surface area (Å²) >= 11 is 0. The van der Waals surface area contributed by atoms with Crippen molar-refractivity contribution in [2.75, 3.05) is 23.6 Å². The molecule has 0 bridgehead atoms. The number of aryl methyl sites for hydroxylation is 2. The summed E-state index contributed by atoms with van der Waals surface area (Å²) in [5, 5.41) is 2.61. The lowest BCUT2D eigenvalue weighted by molar-refractivity contribution is -0.274. The molecule has 3 aromatic rings. The van der Waals surface area contributed by atoms with Crippen molar-refractivity contribution in [3.05, 3.63) is 83.7 Å². The number of aliphatic imine (C=N–C) groups is 1. The van der Waals surface area contributed by atoms with Crippen LogP contribution in [0.15, 0.2) is 76.9 Å². The molecular weight excluding hydrogens is 623 g/mol. The predicted octanol–water partition coefficient (Wildman–Crippen LogP) is 3.37. The van der Waals surface area contributed by atoms with Gasteiger partial charge in [0.15, 0.2) is 0 Å². The number of halogens is 3. The van der Waals surface area contributed by atoms with E-state index in [0.717, 1.165) is 12.1 Å². The molecule has 5 rings (SSSR count). The lowest BCUT2D eigenvalue weighted by Gasteiger charge is -2.34. The van der Waals surface area contributed by atoms with E-state index in [1.807, 2.05) is 0 Å². The monoisotopic (exact) mass is 651 g/mol. The Bertz CT molecular complexity index is 1810. The molecule has 44 heavy (non-hydrogen) atoms. The highest BCUT2D eigenvalue weighted by atomic mass is 32.2. The Balaban J connectivity index is 1.21. The fourth-order valence-corrected chi connectivity index (χ4v) is 7.70. The maximum atomic E-state index is 13.2. The lowest BCUT2D eigenvalue weighted by Crippen LogP contribution is -2.50. The number of benzene rings is 2. The summed E-state index contributed by atoms with van der Waals surface area (Å²) in [6.07, 6.45) is -1.62. The third kappa shape index (κ3) is 7.03. The highest BCUT2D eigenvalue weighted by Gasteiger charge is 2.47. The van der Waals surface area contributed by atoms with E-state index in [1.54, 1.807) is 13.0 Å². The number of nitrogens with one attached hydrogen (secondary N) is 2. The molecule has 16 heteroatoms. The van der Waals surface area contributed by atoms with Crippen molar-refractivity contribution in [2.24, 2.45) is 4.99 Å². The van der Waals surface area contributed by atoms with Crippen molar-refractivity contribution in [1.82, 2.24) is 14.6 Å². The Kier molecular flexibility index (Phi) is 8.43. The van der Waals surface area contributed by atoms with E-state index in [1.165, 1.54) is 53.1 Å². The number of pyridine rings is 1. The molecular formula is C28H28F3N5O6S2. The lowest BCUT2D eigenvalue weighted by atomic mass is 9.89. The van der Waals surface area contributed by atoms with Gasteiger partial charge in [0.1, 0.15) is 17.1 Å². The van der Waals surface area contributed by atoms with Crippen molar-refractivity contribution in [3.63, 3.8) is 0 Å². The summed E-state index contributed by atoms with van der Waals surface area (Å²) in [5.41, 5.74) is 0.646. The minimum atomic E-state index is -4.88. The number of ether oxygens (including phenoxy) is 1. The molecule has 2 aromatic carbocycles. The molecule has 1 aromatic heterocycles. The van der Waals surface area contributed by atoms with E-state index in [9.17, 15) is 34.8 Å². The van der Waals surface area contributed by atoms with Gasteiger partial charge in [0.05, 0.1) is 16.3 Å². The van der Waals surface area contributed by atoms with Crippen LogP contribution in [0.5, 0.6) is 5.75 Å². The SMILES string of the molecule is Cc1cc(S(=O)(=O)Nc2ccncc2)ccc1CCS(=O)(=O)N1CCC2(CC1)N=C(c1cccc(OC(F)(F)F)c1)NC2=O. The number of hydrogen-bond donors (Lipinski definition) is 2. The summed E-state index contributed by atoms with van der Waals surface area (Å²) in [5.74, 6) is -1.04. The molecule has 3 heterocycles. The fourth-order valence-electron chi connectivity index (χ4n) is 5.09. The van der Waals surface area contributed by atoms with Crippen LogP contribution in [0.3, 0.4) is 0 Å². The highest BCUT2D eigenvalue weighted by molar-refractivity contribution is 7.92. The normalized spacial score (nSPS) is 17.3. The van der Waals surface area contributed by atoms with E-state index in [0.29, 0.717) is 16.8 Å². The van der Waals surface area contributed by atoms with Gasteiger partial charge in [0.2, 0.25) is 10.0 Å². The number of piperidine rings is 1. The molecule has 2 aliphatic heterocycles. The Hall–Kier alpha value is -4.02. The van der Waals surface area contributed by atoms with Crippen LogP contribution in [0.2, 0.25) is 0 Å². The second kappa shape index (κ2) is 11.8. The zero-order valence-electron chi connectivity index (χ0n) is 23.3. The van der Waals surface area contributed by atoms with E-state index >= 15 is 0 Å². The first-order valence-corrected chi connectivity index (χ1v) is 16.5. The second-order valence-corrected chi connectivity index (χ2v) is 14.2. The van der Waals surface area contributed by atoms with Gasteiger partial charge in [-0.05, 0) is 73.7 Å². The topological polar surface area (TPSA) is 147 Å². The van der Waals surface area contributed by atoms with Gasteiger partial charge in [0, 0.05) is 31.0 Å². The van der Waals surface area contributed by atoms with E-state index in [4.69, 9.17) is 0 Å². The maximum absolute atomic E-state index is 13.2. The van der Waals surface area contributed by atoms with Crippen molar-refractivity contribution in [3.8, 4) is 5.75 Å². The van der Waals surface area contributed by atoms with Crippen LogP contribution in [0.4, 0.5) is 18.9 Å². The Morgan fingerprint density at radius 3 is 2.39 bits per heavy atom. The van der Waals surface area contributed by atoms with Gasteiger partial charge in [-0.1, -0.05) is 18.2 Å². The number of carbonyl (C=O) groups is 1. The number of aromatic nitrogens is 1. The van der Waals surface area contributed by atoms with Gasteiger partial charge in [0.25, 0.3) is 15.9 Å². The number of amidine groups is 1. The molecule has 0 atom stereocenters. The van der Waals surface area contributed by atoms with E-state index in [2.05, 4.69) is 24.8 Å². The summed E-state index contributed by atoms with van der Waals surface area (Å²) in [7, 11) is -7.60. The number of amides is 1. The number of carbonyl (C=O) groups excluding carboxylic acids is 1. The van der Waals surface area contributed by atoms with Gasteiger partial charge >= 0.3 is 6.36 Å². The Labute approximate surface area is 252 Å². The number of alkyl halides is 3. The molecule has 0 unspecified atom stereocenters. The number of sulfonamides is 2. The first-order valence-electron chi connectivity index (χ1n) is 13.4. The third-order valence-electron chi connectivity index (χ3n) is 7.45. The van der Waals surface area contributed by atoms with Gasteiger partial charge in [-0.15, -0.1) is 13.2 Å². The average molecular weight is 652 g/mol. The van der Waals surface area contributed by atoms with Crippen LogP contribution in [0.1, 0.15) is 29.5 Å². The summed E-state index contributed by atoms with van der Waals surface area (Å²) in [6, 6.07) is 12.6. The summed E-state index contributed by atoms with van der Waals surface area (Å²) < 4.78 is 97.5. The predicted molar refractivity (Wildman–Crippen MR) is 155 cm³/mol. The van der Waals surface area contributed by atoms with Gasteiger partial charge < -0.3 is 10.1 Å². The summed E-state index contributed by atoms with van der Waals surface area (Å²) in [6.45, 7) is 1.76. The molecule has 0 aliphatic carbocycles. The first-order chi connectivity index (χ1) is 20.7. The summed E-state index contributed by atoms with van der Waals surface area (Å²) in [4.78, 5) is 21.3. The van der Waals surface area contributed by atoms with Crippen LogP contribution in [-0.4, -0.2) is 68.6 Å². The van der Waals surface area contributed by atoms with Crippen molar-refractivity contribution in [1.29, 1.82) is 0 Å². The average Bonchev–Trinajstić information content (AvgIpc) is 3.27. The molecule has 0 saturated carbocycles. The molecule has 2 aliphatic rings. The molecule has 1 spiro atoms. The van der Waals surface area contributed by atoms with Crippen LogP contribution < -0.4 is 14.8 Å². The molecule has 11 nitrogen and oxygen atoms in total. The molecule has 1 saturated heterocycles. The largest absolute Gasteiger partial charge is 0.573 e. The Morgan fingerprint density at radius 1 is 1.02 bits per heavy atom. The van der Waals surface area contributed by atoms with Crippen molar-refractivity contribution >= 4 is 37.5 Å². The minimum Gasteiger partial charge on any atom is -0.406 e. The van der Waals surface area contributed by atoms with Crippen molar-refractivity contribution < 1.29 is 39.5 Å². The second-order valence-electron chi connectivity index (χ2n) is 10.4. The quantitative estimate of drug-likeness (QED) is 0.361. The van der Waals surface area contributed by atoms with Crippen LogP contribution >= 0.6 is 0 Å². The van der Waals surface area contributed by atoms with Crippen LogP contribution in [0, 0.1) is 6.92 Å². The maximum Gasteiger partial charge on any atom is 0.573 e. The number of nitrogens with zero attached hydrogens (tertiary/aromatic N) is 3. The third-order valence-corrected chi connectivity index (χ3v) is 10.7. The molecule has 0 radical (unpaired) electrons. The molecule has 234 valence electrons. The van der Waals surface area contributed by atoms with Gasteiger partial charge in [-0.3, -0.25) is 19.5 Å². The Morgan fingerprint density at radius 2 is 1.73 bits per heavy atom. The number of hydrogen-bond acceptors (Lipinski definition) is 8. The number of rotatable bonds is 9. The first kappa shape index (κ1) is 31.4. The molecule has 2 N–H and O–H groups in total. The fraction of sp³-hybridized carbons (Fsp3) is 0.321. The molecule has 1 fully saturated rings. The van der Waals surface area contributed by atoms with Gasteiger partial charge in [-0.2, -0.15) is 0 Å². The van der Waals surface area contributed by atoms with Gasteiger partial charge in [-0.25, -0.2) is 21.1 Å². The number of anilines is 1. The van der Waals surface area contributed by atoms with Crippen molar-refractivity contribution in [2.45, 2.75) is 43.0 Å². The minimum absolute atomic E-state index is 0.0284. The zero-order chi connectivity index (χ0) is 31.8. The van der Waals surface area contributed by atoms with Crippen LogP contribution in [-0.2, 0) is 31.3 Å². The zero-order valence-corrected chi connectivity index (χ0v) is 25.0. The highest BCUT2D eigenvalue weighted by Crippen LogP contribution is 2.33. The van der Waals surface area contributed by atoms with E-state index in [-0.39, 0.29) is 54.4 Å². The standard InChI is InChI=1S/C28H28F3N5O6S2/c1-19-17-24(44(40,41)35-22-7-12-32-13-8-22)6-5-20(19)9-16-43(38,39)36-14-10-27(11-15-36)26(37)33-25(34-27)21-3-2-4-23(18-21)42-28(29,30)31/h2-8,12-13,17-18H,9-11,14-16H2,1H3,(H,32,35)(H,33,34,37).